The van der Waals surface area contributed by atoms with Gasteiger partial charge in [0.1, 0.15) is 12.7 Å². The Morgan fingerprint density at radius 1 is 1.48 bits per heavy atom. The molecule has 1 N–H and O–H groups in total. The van der Waals surface area contributed by atoms with Gasteiger partial charge < -0.3 is 9.84 Å². The monoisotopic (exact) mass is 359 g/mol. The van der Waals surface area contributed by atoms with E-state index in [1.54, 1.807) is 27.7 Å². The van der Waals surface area contributed by atoms with Crippen LogP contribution in [0.15, 0.2) is 16.6 Å². The number of non-ortho nitro benzene ring substituents is 1. The van der Waals surface area contributed by atoms with Gasteiger partial charge in [0.05, 0.1) is 10.3 Å². The van der Waals surface area contributed by atoms with Gasteiger partial charge in [0, 0.05) is 22.2 Å². The summed E-state index contributed by atoms with van der Waals surface area (Å²) >= 11 is 3.21. The Morgan fingerprint density at radius 3 is 2.48 bits per heavy atom. The first-order valence-electron chi connectivity index (χ1n) is 6.33. The summed E-state index contributed by atoms with van der Waals surface area (Å²) in [6, 6.07) is 2.69. The van der Waals surface area contributed by atoms with Crippen LogP contribution in [0.2, 0.25) is 0 Å². The maximum Gasteiger partial charge on any atom is 0.311 e. The minimum Gasteiger partial charge on any atom is -0.462 e. The number of nitrogens with zero attached hydrogens (tertiary/aromatic N) is 1. The summed E-state index contributed by atoms with van der Waals surface area (Å²) in [7, 11) is 0. The van der Waals surface area contributed by atoms with Gasteiger partial charge in [0.2, 0.25) is 0 Å². The van der Waals surface area contributed by atoms with Crippen LogP contribution >= 0.6 is 15.9 Å². The predicted molar refractivity (Wildman–Crippen MR) is 80.9 cm³/mol. The number of nitro benzene ring substituents is 1. The minimum absolute atomic E-state index is 0.0676. The summed E-state index contributed by atoms with van der Waals surface area (Å²) in [5.41, 5.74) is 0.307. The highest BCUT2D eigenvalue weighted by Gasteiger charge is 2.25. The molecule has 0 aliphatic heterocycles. The Balaban J connectivity index is 2.91. The van der Waals surface area contributed by atoms with E-state index in [-0.39, 0.29) is 12.3 Å². The molecule has 6 nitrogen and oxygen atoms in total. The van der Waals surface area contributed by atoms with Crippen molar-refractivity contribution >= 4 is 27.6 Å². The standard InChI is InChI=1S/C14H18BrNO5/c1-8-5-9(16(19)20)6-10(15)12(8)11(17)7-21-13(18)14(2,3)4/h5-6,11,17H,7H2,1-4H3/t11-/m0/s1. The number of carbonyl (C=O) groups is 1. The molecule has 0 spiro atoms. The molecule has 1 atom stereocenters. The van der Waals surface area contributed by atoms with Gasteiger partial charge in [-0.2, -0.15) is 0 Å². The Labute approximate surface area is 131 Å². The minimum atomic E-state index is -1.05. The molecule has 0 amide bonds. The molecule has 116 valence electrons. The highest BCUT2D eigenvalue weighted by atomic mass is 79.9. The lowest BCUT2D eigenvalue weighted by Gasteiger charge is -2.20. The summed E-state index contributed by atoms with van der Waals surface area (Å²) in [6.45, 7) is 6.60. The van der Waals surface area contributed by atoms with Gasteiger partial charge in [-0.05, 0) is 33.3 Å². The molecule has 0 aliphatic carbocycles. The van der Waals surface area contributed by atoms with E-state index in [0.29, 0.717) is 15.6 Å². The second-order valence-electron chi connectivity index (χ2n) is 5.78. The number of aliphatic hydroxyl groups is 1. The van der Waals surface area contributed by atoms with Crippen LogP contribution in [0, 0.1) is 22.5 Å². The van der Waals surface area contributed by atoms with Gasteiger partial charge in [-0.1, -0.05) is 15.9 Å². The van der Waals surface area contributed by atoms with E-state index in [0.717, 1.165) is 0 Å². The van der Waals surface area contributed by atoms with Crippen molar-refractivity contribution in [3.63, 3.8) is 0 Å². The molecule has 0 saturated heterocycles. The molecule has 0 radical (unpaired) electrons. The first kappa shape index (κ1) is 17.6. The van der Waals surface area contributed by atoms with Gasteiger partial charge in [0.25, 0.3) is 5.69 Å². The number of hydrogen-bond acceptors (Lipinski definition) is 5. The van der Waals surface area contributed by atoms with E-state index >= 15 is 0 Å². The maximum atomic E-state index is 11.7. The van der Waals surface area contributed by atoms with Crippen LogP contribution in [0.25, 0.3) is 0 Å². The molecular formula is C14H18BrNO5. The Hall–Kier alpha value is -1.47. The van der Waals surface area contributed by atoms with Crippen LogP contribution in [-0.4, -0.2) is 22.6 Å². The first-order chi connectivity index (χ1) is 9.54. The number of rotatable bonds is 4. The number of hydrogen-bond donors (Lipinski definition) is 1. The molecule has 0 aliphatic rings. The van der Waals surface area contributed by atoms with E-state index in [9.17, 15) is 20.0 Å². The van der Waals surface area contributed by atoms with Crippen molar-refractivity contribution in [2.75, 3.05) is 6.61 Å². The van der Waals surface area contributed by atoms with Crippen molar-refractivity contribution in [2.45, 2.75) is 33.8 Å². The summed E-state index contributed by atoms with van der Waals surface area (Å²) < 4.78 is 5.48. The van der Waals surface area contributed by atoms with Crippen molar-refractivity contribution in [2.24, 2.45) is 5.41 Å². The molecule has 1 rings (SSSR count). The molecule has 0 fully saturated rings. The van der Waals surface area contributed by atoms with Crippen molar-refractivity contribution in [1.82, 2.24) is 0 Å². The second-order valence-corrected chi connectivity index (χ2v) is 6.63. The molecule has 0 heterocycles. The largest absolute Gasteiger partial charge is 0.462 e. The van der Waals surface area contributed by atoms with Gasteiger partial charge in [-0.3, -0.25) is 14.9 Å². The zero-order valence-electron chi connectivity index (χ0n) is 12.3. The highest BCUT2D eigenvalue weighted by Crippen LogP contribution is 2.31. The van der Waals surface area contributed by atoms with Crippen LogP contribution < -0.4 is 0 Å². The van der Waals surface area contributed by atoms with Crippen molar-refractivity contribution in [3.05, 3.63) is 37.8 Å². The smallest absolute Gasteiger partial charge is 0.311 e. The predicted octanol–water partition coefficient (Wildman–Crippen LogP) is 3.29. The average Bonchev–Trinajstić information content (AvgIpc) is 2.33. The summed E-state index contributed by atoms with van der Waals surface area (Å²) in [5.74, 6) is -0.419. The lowest BCUT2D eigenvalue weighted by molar-refractivity contribution is -0.385. The zero-order valence-corrected chi connectivity index (χ0v) is 13.9. The molecule has 0 bridgehead atoms. The number of benzene rings is 1. The van der Waals surface area contributed by atoms with E-state index in [2.05, 4.69) is 15.9 Å². The lowest BCUT2D eigenvalue weighted by atomic mass is 9.97. The summed E-state index contributed by atoms with van der Waals surface area (Å²) in [5, 5.41) is 20.9. The first-order valence-corrected chi connectivity index (χ1v) is 7.13. The SMILES string of the molecule is Cc1cc([N+](=O)[O-])cc(Br)c1[C@@H](O)COC(=O)C(C)(C)C. The van der Waals surface area contributed by atoms with E-state index in [1.165, 1.54) is 12.1 Å². The Bertz CT molecular complexity index is 542. The van der Waals surface area contributed by atoms with Crippen molar-refractivity contribution in [1.29, 1.82) is 0 Å². The third-order valence-corrected chi connectivity index (χ3v) is 3.51. The Morgan fingerprint density at radius 2 is 2.05 bits per heavy atom. The summed E-state index contributed by atoms with van der Waals surface area (Å²) in [6.07, 6.45) is -1.05. The van der Waals surface area contributed by atoms with Gasteiger partial charge in [-0.15, -0.1) is 0 Å². The number of nitro groups is 1. The van der Waals surface area contributed by atoms with Crippen LogP contribution in [-0.2, 0) is 9.53 Å². The molecule has 0 saturated carbocycles. The molecule has 1 aromatic carbocycles. The number of halogens is 1. The number of ether oxygens (including phenoxy) is 1. The number of aliphatic hydroxyl groups excluding tert-OH is 1. The third kappa shape index (κ3) is 4.50. The van der Waals surface area contributed by atoms with Gasteiger partial charge >= 0.3 is 5.97 Å². The molecule has 0 aromatic heterocycles. The average molecular weight is 360 g/mol. The fourth-order valence-corrected chi connectivity index (χ4v) is 2.53. The zero-order chi connectivity index (χ0) is 16.4. The number of carbonyl (C=O) groups excluding carboxylic acids is 1. The molecule has 21 heavy (non-hydrogen) atoms. The van der Waals surface area contributed by atoms with Crippen molar-refractivity contribution < 1.29 is 19.6 Å². The Kier molecular flexibility index (Phi) is 5.47. The lowest BCUT2D eigenvalue weighted by Crippen LogP contribution is -2.25. The molecule has 1 aromatic rings. The maximum absolute atomic E-state index is 11.7. The number of aryl methyl sites for hydroxylation is 1. The van der Waals surface area contributed by atoms with E-state index < -0.39 is 22.4 Å². The van der Waals surface area contributed by atoms with Crippen molar-refractivity contribution in [3.8, 4) is 0 Å². The fraction of sp³-hybridized carbons (Fsp3) is 0.500. The quantitative estimate of drug-likeness (QED) is 0.506. The second kappa shape index (κ2) is 6.53. The topological polar surface area (TPSA) is 89.7 Å². The van der Waals surface area contributed by atoms with Crippen LogP contribution in [0.1, 0.15) is 38.0 Å². The van der Waals surface area contributed by atoms with Gasteiger partial charge in [0.15, 0.2) is 0 Å². The normalized spacial score (nSPS) is 12.9. The third-order valence-electron chi connectivity index (χ3n) is 2.85. The van der Waals surface area contributed by atoms with Crippen LogP contribution in [0.5, 0.6) is 0 Å². The molecule has 0 unspecified atom stereocenters. The molecular weight excluding hydrogens is 342 g/mol. The fourth-order valence-electron chi connectivity index (χ4n) is 1.72. The number of esters is 1. The highest BCUT2D eigenvalue weighted by molar-refractivity contribution is 9.10. The summed E-state index contributed by atoms with van der Waals surface area (Å²) in [4.78, 5) is 21.9. The van der Waals surface area contributed by atoms with Crippen LogP contribution in [0.3, 0.4) is 0 Å². The van der Waals surface area contributed by atoms with Gasteiger partial charge in [-0.25, -0.2) is 0 Å². The van der Waals surface area contributed by atoms with E-state index in [4.69, 9.17) is 4.74 Å². The van der Waals surface area contributed by atoms with E-state index in [1.807, 2.05) is 0 Å². The van der Waals surface area contributed by atoms with Crippen LogP contribution in [0.4, 0.5) is 5.69 Å². The molecule has 7 heteroatoms.